The second kappa shape index (κ2) is 17.9. The number of rotatable bonds is 18. The smallest absolute Gasteiger partial charge is 0.747 e. The van der Waals surface area contributed by atoms with E-state index in [9.17, 15) is 13.0 Å². The topological polar surface area (TPSA) is 57.2 Å². The minimum absolute atomic E-state index is 0. The van der Waals surface area contributed by atoms with Gasteiger partial charge in [0.05, 0.1) is 4.75 Å². The predicted octanol–water partition coefficient (Wildman–Crippen LogP) is 4.69. The summed E-state index contributed by atoms with van der Waals surface area (Å²) in [5, 5.41) is 0. The van der Waals surface area contributed by atoms with Gasteiger partial charge in [-0.05, 0) is 18.8 Å². The molecule has 0 fully saturated rings. The average molecular weight is 449 g/mol. The molecule has 1 aliphatic carbocycles. The maximum atomic E-state index is 11.9. The molecule has 0 aromatic heterocycles. The van der Waals surface area contributed by atoms with Crippen molar-refractivity contribution in [3.63, 3.8) is 0 Å². The van der Waals surface area contributed by atoms with Crippen molar-refractivity contribution in [2.45, 2.75) is 128 Å². The van der Waals surface area contributed by atoms with Gasteiger partial charge in [0.2, 0.25) is 0 Å². The average Bonchev–Trinajstić information content (AvgIpc) is 2.70. The van der Waals surface area contributed by atoms with E-state index < -0.39 is 14.9 Å². The van der Waals surface area contributed by atoms with E-state index in [1.54, 1.807) is 19.1 Å². The number of hydrogen-bond acceptors (Lipinski definition) is 3. The van der Waals surface area contributed by atoms with Gasteiger partial charge in [0, 0.05) is 0 Å². The molecule has 0 aromatic carbocycles. The van der Waals surface area contributed by atoms with E-state index in [0.29, 0.717) is 6.42 Å². The third-order valence-corrected chi connectivity index (χ3v) is 8.26. The van der Waals surface area contributed by atoms with Gasteiger partial charge in [-0.3, -0.25) is 0 Å². The van der Waals surface area contributed by atoms with Crippen molar-refractivity contribution in [3.05, 3.63) is 24.3 Å². The van der Waals surface area contributed by atoms with Gasteiger partial charge in [-0.15, -0.1) is 0 Å². The first-order chi connectivity index (χ1) is 14.0. The molecule has 0 N–H and O–H groups in total. The zero-order valence-corrected chi connectivity index (χ0v) is 22.9. The maximum absolute atomic E-state index is 11.9. The van der Waals surface area contributed by atoms with Crippen LogP contribution in [-0.2, 0) is 10.1 Å². The van der Waals surface area contributed by atoms with Crippen LogP contribution in [0.25, 0.3) is 0 Å². The third-order valence-electron chi connectivity index (χ3n) is 6.60. The molecule has 1 aliphatic rings. The third kappa shape index (κ3) is 11.3. The van der Waals surface area contributed by atoms with Crippen LogP contribution in [0.5, 0.6) is 0 Å². The Balaban J connectivity index is 0.00000841. The first-order valence-corrected chi connectivity index (χ1v) is 13.7. The SMILES string of the molecule is CCCCCCCCCCCCCCCCCC1C=CC=CC1(CC)S(=O)(=O)[O-].[Na+]. The summed E-state index contributed by atoms with van der Waals surface area (Å²) in [5.41, 5.74) is 0. The van der Waals surface area contributed by atoms with Crippen molar-refractivity contribution < 1.29 is 42.5 Å². The first kappa shape index (κ1) is 30.4. The van der Waals surface area contributed by atoms with Crippen LogP contribution in [-0.4, -0.2) is 17.7 Å². The molecule has 2 unspecified atom stereocenters. The molecule has 1 rings (SSSR count). The molecule has 0 radical (unpaired) electrons. The molecule has 0 bridgehead atoms. The fourth-order valence-electron chi connectivity index (χ4n) is 4.60. The molecule has 0 aliphatic heterocycles. The van der Waals surface area contributed by atoms with Gasteiger partial charge < -0.3 is 4.55 Å². The fourth-order valence-corrected chi connectivity index (χ4v) is 5.77. The molecule has 0 saturated heterocycles. The first-order valence-electron chi connectivity index (χ1n) is 12.3. The molecule has 0 amide bonds. The van der Waals surface area contributed by atoms with E-state index in [2.05, 4.69) is 6.92 Å². The second-order valence-corrected chi connectivity index (χ2v) is 10.5. The van der Waals surface area contributed by atoms with Gasteiger partial charge in [0.15, 0.2) is 0 Å². The summed E-state index contributed by atoms with van der Waals surface area (Å²) in [7, 11) is -4.35. The van der Waals surface area contributed by atoms with Gasteiger partial charge in [-0.2, -0.15) is 0 Å². The molecule has 0 aromatic rings. The molecule has 0 spiro atoms. The molecule has 0 heterocycles. The Labute approximate surface area is 209 Å². The van der Waals surface area contributed by atoms with E-state index in [0.717, 1.165) is 19.3 Å². The fraction of sp³-hybridized carbons (Fsp3) is 0.840. The van der Waals surface area contributed by atoms with Crippen LogP contribution in [0, 0.1) is 5.92 Å². The second-order valence-electron chi connectivity index (χ2n) is 8.85. The van der Waals surface area contributed by atoms with Crippen LogP contribution in [0.15, 0.2) is 24.3 Å². The molecule has 30 heavy (non-hydrogen) atoms. The van der Waals surface area contributed by atoms with Gasteiger partial charge in [-0.25, -0.2) is 8.42 Å². The van der Waals surface area contributed by atoms with Crippen molar-refractivity contribution in [3.8, 4) is 0 Å². The summed E-state index contributed by atoms with van der Waals surface area (Å²) in [6.45, 7) is 4.07. The van der Waals surface area contributed by atoms with Crippen molar-refractivity contribution in [1.29, 1.82) is 0 Å². The van der Waals surface area contributed by atoms with Gasteiger partial charge >= 0.3 is 29.6 Å². The van der Waals surface area contributed by atoms with Gasteiger partial charge in [0.25, 0.3) is 0 Å². The summed E-state index contributed by atoms with van der Waals surface area (Å²) < 4.78 is 34.4. The summed E-state index contributed by atoms with van der Waals surface area (Å²) in [6.07, 6.45) is 28.1. The molecule has 3 nitrogen and oxygen atoms in total. The molecule has 2 atom stereocenters. The predicted molar refractivity (Wildman–Crippen MR) is 124 cm³/mol. The number of hydrogen-bond donors (Lipinski definition) is 0. The largest absolute Gasteiger partial charge is 1.00 e. The van der Waals surface area contributed by atoms with Crippen LogP contribution in [0.2, 0.25) is 0 Å². The molecular weight excluding hydrogens is 403 g/mol. The van der Waals surface area contributed by atoms with Gasteiger partial charge in [-0.1, -0.05) is 134 Å². The Morgan fingerprint density at radius 1 is 0.733 bits per heavy atom. The van der Waals surface area contributed by atoms with E-state index >= 15 is 0 Å². The van der Waals surface area contributed by atoms with E-state index in [1.807, 2.05) is 12.2 Å². The molecular formula is C25H45NaO3S. The standard InChI is InChI=1S/C25H46O3S.Na/c1-3-5-6-7-8-9-10-11-12-13-14-15-16-17-18-21-24-22-19-20-23-25(24,4-2)29(26,27)28;/h19-20,22-24H,3-18,21H2,1-2H3,(H,26,27,28);/q;+1/p-1. The summed E-state index contributed by atoms with van der Waals surface area (Å²) in [4.78, 5) is 0. The zero-order chi connectivity index (χ0) is 21.4. The summed E-state index contributed by atoms with van der Waals surface area (Å²) in [6, 6.07) is 0. The van der Waals surface area contributed by atoms with Crippen molar-refractivity contribution in [1.82, 2.24) is 0 Å². The van der Waals surface area contributed by atoms with Crippen molar-refractivity contribution in [2.24, 2.45) is 5.92 Å². The van der Waals surface area contributed by atoms with Crippen LogP contribution in [0.4, 0.5) is 0 Å². The van der Waals surface area contributed by atoms with E-state index in [4.69, 9.17) is 0 Å². The van der Waals surface area contributed by atoms with Crippen LogP contribution in [0.1, 0.15) is 123 Å². The summed E-state index contributed by atoms with van der Waals surface area (Å²) in [5.74, 6) is -0.179. The Morgan fingerprint density at radius 2 is 1.17 bits per heavy atom. The Hall–Kier alpha value is 0.390. The van der Waals surface area contributed by atoms with Crippen molar-refractivity contribution >= 4 is 10.1 Å². The normalized spacial score (nSPS) is 21.0. The maximum Gasteiger partial charge on any atom is 1.00 e. The van der Waals surface area contributed by atoms with Gasteiger partial charge in [0.1, 0.15) is 10.1 Å². The van der Waals surface area contributed by atoms with Crippen molar-refractivity contribution in [2.75, 3.05) is 0 Å². The molecule has 170 valence electrons. The minimum Gasteiger partial charge on any atom is -0.747 e. The van der Waals surface area contributed by atoms with Crippen LogP contribution < -0.4 is 29.6 Å². The minimum atomic E-state index is -4.35. The van der Waals surface area contributed by atoms with Crippen LogP contribution in [0.3, 0.4) is 0 Å². The van der Waals surface area contributed by atoms with Crippen LogP contribution >= 0.6 is 0 Å². The Morgan fingerprint density at radius 3 is 1.57 bits per heavy atom. The summed E-state index contributed by atoms with van der Waals surface area (Å²) >= 11 is 0. The monoisotopic (exact) mass is 448 g/mol. The molecule has 0 saturated carbocycles. The Bertz CT molecular complexity index is 571. The zero-order valence-electron chi connectivity index (χ0n) is 20.0. The quantitative estimate of drug-likeness (QED) is 0.174. The van der Waals surface area contributed by atoms with E-state index in [1.165, 1.54) is 83.5 Å². The Kier molecular flexibility index (Phi) is 18.1. The molecule has 5 heteroatoms. The number of unbranched alkanes of at least 4 members (excludes halogenated alkanes) is 14. The van der Waals surface area contributed by atoms with E-state index in [-0.39, 0.29) is 35.5 Å². The number of allylic oxidation sites excluding steroid dienone is 3.